The van der Waals surface area contributed by atoms with Crippen LogP contribution in [0, 0.1) is 13.8 Å². The van der Waals surface area contributed by atoms with Crippen molar-refractivity contribution >= 4 is 44.6 Å². The Morgan fingerprint density at radius 3 is 2.88 bits per heavy atom. The number of hydrogen-bond donors (Lipinski definition) is 2. The highest BCUT2D eigenvalue weighted by molar-refractivity contribution is 7.19. The molecule has 3 heterocycles. The largest absolute Gasteiger partial charge is 0.358 e. The first-order valence-electron chi connectivity index (χ1n) is 7.38. The van der Waals surface area contributed by atoms with Crippen molar-refractivity contribution in [3.63, 3.8) is 0 Å². The van der Waals surface area contributed by atoms with E-state index in [0.717, 1.165) is 32.7 Å². The van der Waals surface area contributed by atoms with Gasteiger partial charge in [0.15, 0.2) is 0 Å². The molecule has 0 aliphatic heterocycles. The lowest BCUT2D eigenvalue weighted by Crippen LogP contribution is -2.11. The molecule has 3 aromatic heterocycles. The molecule has 120 valence electrons. The van der Waals surface area contributed by atoms with Gasteiger partial charge in [0.25, 0.3) is 5.91 Å². The van der Waals surface area contributed by atoms with Gasteiger partial charge in [-0.1, -0.05) is 11.3 Å². The number of nitrogens with zero attached hydrogens (tertiary/aromatic N) is 2. The van der Waals surface area contributed by atoms with Crippen LogP contribution in [0.5, 0.6) is 0 Å². The summed E-state index contributed by atoms with van der Waals surface area (Å²) in [6.07, 6.45) is 0. The van der Waals surface area contributed by atoms with Crippen molar-refractivity contribution in [2.45, 2.75) is 13.8 Å². The van der Waals surface area contributed by atoms with Crippen molar-refractivity contribution in [2.24, 2.45) is 0 Å². The van der Waals surface area contributed by atoms with Gasteiger partial charge in [-0.3, -0.25) is 10.1 Å². The van der Waals surface area contributed by atoms with Crippen LogP contribution in [0.25, 0.3) is 21.5 Å². The molecule has 0 saturated carbocycles. The van der Waals surface area contributed by atoms with Gasteiger partial charge < -0.3 is 4.98 Å². The molecular formula is C17H14N4OS2. The predicted molar refractivity (Wildman–Crippen MR) is 98.9 cm³/mol. The fourth-order valence-corrected chi connectivity index (χ4v) is 4.00. The normalized spacial score (nSPS) is 11.1. The zero-order valence-corrected chi connectivity index (χ0v) is 14.7. The van der Waals surface area contributed by atoms with E-state index in [2.05, 4.69) is 20.5 Å². The van der Waals surface area contributed by atoms with E-state index in [0.29, 0.717) is 10.7 Å². The lowest BCUT2D eigenvalue weighted by Gasteiger charge is -2.02. The molecule has 1 aromatic carbocycles. The molecular weight excluding hydrogens is 340 g/mol. The van der Waals surface area contributed by atoms with E-state index < -0.39 is 0 Å². The fraction of sp³-hybridized carbons (Fsp3) is 0.118. The zero-order chi connectivity index (χ0) is 16.7. The Labute approximate surface area is 146 Å². The maximum atomic E-state index is 12.5. The number of amides is 1. The average molecular weight is 354 g/mol. The van der Waals surface area contributed by atoms with Crippen molar-refractivity contribution in [1.82, 2.24) is 15.2 Å². The Balaban J connectivity index is 1.59. The van der Waals surface area contributed by atoms with Crippen molar-refractivity contribution < 1.29 is 4.79 Å². The van der Waals surface area contributed by atoms with Crippen LogP contribution in [0.4, 0.5) is 5.13 Å². The van der Waals surface area contributed by atoms with Gasteiger partial charge in [0, 0.05) is 33.1 Å². The topological polar surface area (TPSA) is 70.7 Å². The van der Waals surface area contributed by atoms with Gasteiger partial charge in [0.2, 0.25) is 5.13 Å². The minimum Gasteiger partial charge on any atom is -0.358 e. The molecule has 2 N–H and O–H groups in total. The van der Waals surface area contributed by atoms with Crippen LogP contribution in [-0.2, 0) is 0 Å². The summed E-state index contributed by atoms with van der Waals surface area (Å²) in [5.41, 5.74) is 4.95. The maximum Gasteiger partial charge on any atom is 0.257 e. The monoisotopic (exact) mass is 354 g/mol. The molecule has 0 bridgehead atoms. The van der Waals surface area contributed by atoms with Crippen LogP contribution < -0.4 is 5.32 Å². The molecule has 4 rings (SSSR count). The lowest BCUT2D eigenvalue weighted by molar-refractivity contribution is 0.102. The summed E-state index contributed by atoms with van der Waals surface area (Å²) in [4.78, 5) is 15.8. The number of anilines is 1. The van der Waals surface area contributed by atoms with Crippen molar-refractivity contribution in [3.8, 4) is 10.6 Å². The van der Waals surface area contributed by atoms with E-state index in [1.807, 2.05) is 48.9 Å². The van der Waals surface area contributed by atoms with Crippen LogP contribution in [-0.4, -0.2) is 21.1 Å². The minimum atomic E-state index is -0.178. The number of nitrogens with one attached hydrogen (secondary N) is 2. The highest BCUT2D eigenvalue weighted by atomic mass is 32.1. The van der Waals surface area contributed by atoms with Crippen LogP contribution in [0.15, 0.2) is 35.0 Å². The van der Waals surface area contributed by atoms with E-state index in [4.69, 9.17) is 0 Å². The number of carbonyl (C=O) groups is 1. The molecule has 0 radical (unpaired) electrons. The number of hydrogen-bond acceptors (Lipinski definition) is 5. The summed E-state index contributed by atoms with van der Waals surface area (Å²) >= 11 is 2.98. The van der Waals surface area contributed by atoms with Gasteiger partial charge in [-0.15, -0.1) is 10.2 Å². The first-order chi connectivity index (χ1) is 11.6. The number of H-pyrrole nitrogens is 1. The second kappa shape index (κ2) is 5.85. The molecule has 5 nitrogen and oxygen atoms in total. The number of benzene rings is 1. The van der Waals surface area contributed by atoms with Crippen LogP contribution in [0.2, 0.25) is 0 Å². The van der Waals surface area contributed by atoms with Gasteiger partial charge in [-0.05, 0) is 49.1 Å². The molecule has 24 heavy (non-hydrogen) atoms. The van der Waals surface area contributed by atoms with E-state index in [-0.39, 0.29) is 5.91 Å². The molecule has 0 unspecified atom stereocenters. The SMILES string of the molecule is Cc1[nH]c2ccc(C(=O)Nc3nnc(-c4ccsc4)s3)cc2c1C. The molecule has 4 aromatic rings. The molecule has 0 atom stereocenters. The van der Waals surface area contributed by atoms with Crippen molar-refractivity contribution in [3.05, 3.63) is 51.8 Å². The van der Waals surface area contributed by atoms with Crippen molar-refractivity contribution in [1.29, 1.82) is 0 Å². The van der Waals surface area contributed by atoms with E-state index in [9.17, 15) is 4.79 Å². The lowest BCUT2D eigenvalue weighted by atomic mass is 10.1. The van der Waals surface area contributed by atoms with E-state index in [1.165, 1.54) is 11.3 Å². The summed E-state index contributed by atoms with van der Waals surface area (Å²) < 4.78 is 0. The molecule has 1 amide bonds. The summed E-state index contributed by atoms with van der Waals surface area (Å²) in [7, 11) is 0. The van der Waals surface area contributed by atoms with Crippen LogP contribution in [0.3, 0.4) is 0 Å². The first-order valence-corrected chi connectivity index (χ1v) is 9.14. The van der Waals surface area contributed by atoms with Gasteiger partial charge >= 0.3 is 0 Å². The summed E-state index contributed by atoms with van der Waals surface area (Å²) in [5, 5.41) is 17.4. The number of rotatable bonds is 3. The predicted octanol–water partition coefficient (Wildman–Crippen LogP) is 4.62. The number of aromatic amines is 1. The Hall–Kier alpha value is -2.51. The maximum absolute atomic E-state index is 12.5. The standard InChI is InChI=1S/C17H14N4OS2/c1-9-10(2)18-14-4-3-11(7-13(9)14)15(22)19-17-21-20-16(24-17)12-5-6-23-8-12/h3-8,18H,1-2H3,(H,19,21,22). The molecule has 0 spiro atoms. The third kappa shape index (κ3) is 2.61. The molecule has 7 heteroatoms. The second-order valence-electron chi connectivity index (χ2n) is 5.51. The van der Waals surface area contributed by atoms with Crippen LogP contribution in [0.1, 0.15) is 21.6 Å². The number of aromatic nitrogens is 3. The first kappa shape index (κ1) is 15.0. The van der Waals surface area contributed by atoms with Crippen molar-refractivity contribution in [2.75, 3.05) is 5.32 Å². The quantitative estimate of drug-likeness (QED) is 0.564. The highest BCUT2D eigenvalue weighted by Crippen LogP contribution is 2.28. The van der Waals surface area contributed by atoms with E-state index >= 15 is 0 Å². The van der Waals surface area contributed by atoms with Gasteiger partial charge in [-0.25, -0.2) is 0 Å². The van der Waals surface area contributed by atoms with Gasteiger partial charge in [0.1, 0.15) is 5.01 Å². The Morgan fingerprint density at radius 1 is 1.21 bits per heavy atom. The average Bonchev–Trinajstić information content (AvgIpc) is 3.29. The molecule has 0 saturated heterocycles. The summed E-state index contributed by atoms with van der Waals surface area (Å²) in [5.74, 6) is -0.178. The zero-order valence-electron chi connectivity index (χ0n) is 13.1. The molecule has 0 aliphatic rings. The van der Waals surface area contributed by atoms with E-state index in [1.54, 1.807) is 11.3 Å². The summed E-state index contributed by atoms with van der Waals surface area (Å²) in [6, 6.07) is 7.64. The van der Waals surface area contributed by atoms with Gasteiger partial charge in [0.05, 0.1) is 0 Å². The smallest absolute Gasteiger partial charge is 0.257 e. The third-order valence-corrected chi connectivity index (χ3v) is 5.56. The Bertz CT molecular complexity index is 1030. The third-order valence-electron chi connectivity index (χ3n) is 3.98. The Morgan fingerprint density at radius 2 is 2.08 bits per heavy atom. The second-order valence-corrected chi connectivity index (χ2v) is 7.27. The Kier molecular flexibility index (Phi) is 3.66. The van der Waals surface area contributed by atoms with Gasteiger partial charge in [-0.2, -0.15) is 11.3 Å². The fourth-order valence-electron chi connectivity index (χ4n) is 2.55. The molecule has 0 fully saturated rings. The summed E-state index contributed by atoms with van der Waals surface area (Å²) in [6.45, 7) is 4.08. The molecule has 0 aliphatic carbocycles. The van der Waals surface area contributed by atoms with Crippen LogP contribution >= 0.6 is 22.7 Å². The number of carbonyl (C=O) groups excluding carboxylic acids is 1. The number of fused-ring (bicyclic) bond motifs is 1. The minimum absolute atomic E-state index is 0.178. The number of aryl methyl sites for hydroxylation is 2. The highest BCUT2D eigenvalue weighted by Gasteiger charge is 2.13. The number of thiophene rings is 1.